The van der Waals surface area contributed by atoms with Gasteiger partial charge in [-0.2, -0.15) is 0 Å². The highest BCUT2D eigenvalue weighted by Gasteiger charge is 2.25. The molecule has 0 saturated heterocycles. The van der Waals surface area contributed by atoms with Gasteiger partial charge in [-0.15, -0.1) is 0 Å². The van der Waals surface area contributed by atoms with Crippen LogP contribution in [0.25, 0.3) is 0 Å². The Balaban J connectivity index is 1.85. The summed E-state index contributed by atoms with van der Waals surface area (Å²) in [5.74, 6) is -0.212. The Kier molecular flexibility index (Phi) is 6.21. The molecule has 9 nitrogen and oxygen atoms in total. The highest BCUT2D eigenvalue weighted by atomic mass is 32.2. The number of aromatic nitrogens is 2. The van der Waals surface area contributed by atoms with Crippen LogP contribution < -0.4 is 23.7 Å². The van der Waals surface area contributed by atoms with Gasteiger partial charge in [-0.05, 0) is 24.3 Å². The lowest BCUT2D eigenvalue weighted by atomic mass is 10.3. The number of para-hydroxylation sites is 1. The average molecular weight is 435 g/mol. The van der Waals surface area contributed by atoms with Gasteiger partial charge in [0.15, 0.2) is 23.1 Å². The molecule has 0 unspecified atom stereocenters. The van der Waals surface area contributed by atoms with Crippen LogP contribution in [0.4, 0.5) is 10.1 Å². The zero-order chi connectivity index (χ0) is 21.7. The van der Waals surface area contributed by atoms with Gasteiger partial charge in [-0.1, -0.05) is 12.1 Å². The quantitative estimate of drug-likeness (QED) is 0.574. The largest absolute Gasteiger partial charge is 0.493 e. The van der Waals surface area contributed by atoms with Crippen LogP contribution in [0.3, 0.4) is 0 Å². The van der Waals surface area contributed by atoms with Gasteiger partial charge in [0.05, 0.1) is 39.4 Å². The van der Waals surface area contributed by atoms with E-state index in [9.17, 15) is 12.8 Å². The first kappa shape index (κ1) is 21.1. The molecular weight excluding hydrogens is 417 g/mol. The number of rotatable bonds is 8. The summed E-state index contributed by atoms with van der Waals surface area (Å²) >= 11 is 0. The van der Waals surface area contributed by atoms with Crippen LogP contribution in [-0.2, 0) is 10.0 Å². The van der Waals surface area contributed by atoms with Crippen molar-refractivity contribution in [2.75, 3.05) is 26.1 Å². The minimum atomic E-state index is -4.08. The van der Waals surface area contributed by atoms with Crippen molar-refractivity contribution >= 4 is 15.7 Å². The minimum absolute atomic E-state index is 0.0234. The van der Waals surface area contributed by atoms with Crippen molar-refractivity contribution in [3.8, 4) is 29.0 Å². The van der Waals surface area contributed by atoms with Crippen molar-refractivity contribution in [1.29, 1.82) is 0 Å². The maximum atomic E-state index is 13.6. The molecule has 30 heavy (non-hydrogen) atoms. The maximum Gasteiger partial charge on any atom is 0.322 e. The molecule has 3 aromatic rings. The molecule has 0 aliphatic rings. The Morgan fingerprint density at radius 1 is 0.867 bits per heavy atom. The average Bonchev–Trinajstić information content (AvgIpc) is 2.75. The SMILES string of the molecule is COc1ccc(S(=O)(=O)Nc2cnc(Oc3ccccc3F)nc2)c(OC)c1OC. The van der Waals surface area contributed by atoms with Crippen molar-refractivity contribution < 1.29 is 31.8 Å². The normalized spacial score (nSPS) is 10.9. The molecule has 0 bridgehead atoms. The number of anilines is 1. The Labute approximate surface area is 172 Å². The van der Waals surface area contributed by atoms with Gasteiger partial charge in [0.25, 0.3) is 10.0 Å². The van der Waals surface area contributed by atoms with E-state index in [-0.39, 0.29) is 33.8 Å². The third-order valence-electron chi connectivity index (χ3n) is 3.88. The van der Waals surface area contributed by atoms with Gasteiger partial charge in [-0.25, -0.2) is 22.8 Å². The summed E-state index contributed by atoms with van der Waals surface area (Å²) in [4.78, 5) is 7.62. The van der Waals surface area contributed by atoms with Crippen molar-refractivity contribution in [1.82, 2.24) is 9.97 Å². The Bertz CT molecular complexity index is 1140. The van der Waals surface area contributed by atoms with Crippen LogP contribution in [0, 0.1) is 5.82 Å². The van der Waals surface area contributed by atoms with Gasteiger partial charge in [-0.3, -0.25) is 4.72 Å². The molecule has 1 N–H and O–H groups in total. The van der Waals surface area contributed by atoms with E-state index >= 15 is 0 Å². The summed E-state index contributed by atoms with van der Waals surface area (Å²) in [6, 6.07) is 8.37. The Hall–Kier alpha value is -3.60. The Morgan fingerprint density at radius 3 is 2.13 bits per heavy atom. The number of benzene rings is 2. The van der Waals surface area contributed by atoms with Crippen molar-refractivity contribution in [2.24, 2.45) is 0 Å². The van der Waals surface area contributed by atoms with E-state index < -0.39 is 15.8 Å². The molecule has 0 atom stereocenters. The van der Waals surface area contributed by atoms with E-state index in [4.69, 9.17) is 18.9 Å². The lowest BCUT2D eigenvalue weighted by Gasteiger charge is -2.16. The molecule has 0 amide bonds. The summed E-state index contributed by atoms with van der Waals surface area (Å²) < 4.78 is 62.5. The summed E-state index contributed by atoms with van der Waals surface area (Å²) in [5, 5.41) is 0. The second kappa shape index (κ2) is 8.82. The monoisotopic (exact) mass is 435 g/mol. The number of ether oxygens (including phenoxy) is 4. The van der Waals surface area contributed by atoms with E-state index in [2.05, 4.69) is 14.7 Å². The number of hydrogen-bond acceptors (Lipinski definition) is 8. The molecular formula is C19H18FN3O6S. The van der Waals surface area contributed by atoms with Crippen molar-refractivity contribution in [2.45, 2.75) is 4.90 Å². The summed E-state index contributed by atoms with van der Waals surface area (Å²) in [6.45, 7) is 0. The van der Waals surface area contributed by atoms with E-state index in [0.717, 1.165) is 0 Å². The number of nitrogens with one attached hydrogen (secondary N) is 1. The van der Waals surface area contributed by atoms with Gasteiger partial charge in [0.2, 0.25) is 5.75 Å². The molecule has 1 aromatic heterocycles. The van der Waals surface area contributed by atoms with Crippen LogP contribution in [0.5, 0.6) is 29.0 Å². The first-order chi connectivity index (χ1) is 14.4. The zero-order valence-electron chi connectivity index (χ0n) is 16.2. The van der Waals surface area contributed by atoms with Gasteiger partial charge in [0, 0.05) is 0 Å². The molecule has 0 fully saturated rings. The number of sulfonamides is 1. The fourth-order valence-electron chi connectivity index (χ4n) is 2.54. The van der Waals surface area contributed by atoms with Crippen LogP contribution in [0.15, 0.2) is 53.7 Å². The summed E-state index contributed by atoms with van der Waals surface area (Å²) in [7, 11) is 0.0203. The highest BCUT2D eigenvalue weighted by Crippen LogP contribution is 2.42. The van der Waals surface area contributed by atoms with Crippen LogP contribution in [0.1, 0.15) is 0 Å². The van der Waals surface area contributed by atoms with E-state index in [0.29, 0.717) is 5.75 Å². The third kappa shape index (κ3) is 4.35. The lowest BCUT2D eigenvalue weighted by Crippen LogP contribution is -2.15. The van der Waals surface area contributed by atoms with Crippen LogP contribution in [0.2, 0.25) is 0 Å². The van der Waals surface area contributed by atoms with Crippen molar-refractivity contribution in [3.63, 3.8) is 0 Å². The van der Waals surface area contributed by atoms with E-state index in [1.165, 1.54) is 64.1 Å². The summed E-state index contributed by atoms with van der Waals surface area (Å²) in [6.07, 6.45) is 2.38. The van der Waals surface area contributed by atoms with Crippen LogP contribution >= 0.6 is 0 Å². The molecule has 0 radical (unpaired) electrons. The summed E-state index contributed by atoms with van der Waals surface area (Å²) in [5.41, 5.74) is 0.0627. The smallest absolute Gasteiger partial charge is 0.322 e. The van der Waals surface area contributed by atoms with Gasteiger partial charge >= 0.3 is 6.01 Å². The topological polar surface area (TPSA) is 109 Å². The fraction of sp³-hybridized carbons (Fsp3) is 0.158. The second-order valence-corrected chi connectivity index (χ2v) is 7.38. The van der Waals surface area contributed by atoms with Crippen molar-refractivity contribution in [3.05, 3.63) is 54.6 Å². The molecule has 0 spiro atoms. The van der Waals surface area contributed by atoms with Crippen LogP contribution in [-0.4, -0.2) is 39.7 Å². The molecule has 1 heterocycles. The third-order valence-corrected chi connectivity index (χ3v) is 5.28. The van der Waals surface area contributed by atoms with Gasteiger partial charge in [0.1, 0.15) is 4.90 Å². The fourth-order valence-corrected chi connectivity index (χ4v) is 3.74. The van der Waals surface area contributed by atoms with Gasteiger partial charge < -0.3 is 18.9 Å². The maximum absolute atomic E-state index is 13.6. The van der Waals surface area contributed by atoms with E-state index in [1.807, 2.05) is 0 Å². The number of hydrogen-bond donors (Lipinski definition) is 1. The molecule has 0 saturated carbocycles. The number of methoxy groups -OCH3 is 3. The van der Waals surface area contributed by atoms with E-state index in [1.54, 1.807) is 6.07 Å². The lowest BCUT2D eigenvalue weighted by molar-refractivity contribution is 0.319. The molecule has 158 valence electrons. The number of nitrogens with zero attached hydrogens (tertiary/aromatic N) is 2. The number of halogens is 1. The Morgan fingerprint density at radius 2 is 1.53 bits per heavy atom. The zero-order valence-corrected chi connectivity index (χ0v) is 17.1. The first-order valence-electron chi connectivity index (χ1n) is 8.45. The molecule has 11 heteroatoms. The predicted molar refractivity (Wildman–Crippen MR) is 105 cm³/mol. The predicted octanol–water partition coefficient (Wildman–Crippen LogP) is 3.23. The molecule has 0 aliphatic carbocycles. The standard InChI is InChI=1S/C19H18FN3O6S/c1-26-15-8-9-16(18(28-3)17(15)27-2)30(24,25)23-12-10-21-19(22-11-12)29-14-7-5-4-6-13(14)20/h4-11,23H,1-3H3. The minimum Gasteiger partial charge on any atom is -0.493 e. The molecule has 2 aromatic carbocycles. The second-order valence-electron chi connectivity index (χ2n) is 5.72. The molecule has 3 rings (SSSR count). The first-order valence-corrected chi connectivity index (χ1v) is 9.94. The molecule has 0 aliphatic heterocycles. The highest BCUT2D eigenvalue weighted by molar-refractivity contribution is 7.92.